The molecule has 2 aromatic rings. The van der Waals surface area contributed by atoms with E-state index in [0.717, 1.165) is 16.9 Å². The molecule has 0 aliphatic carbocycles. The number of anilines is 1. The second kappa shape index (κ2) is 5.45. The zero-order chi connectivity index (χ0) is 14.7. The van der Waals surface area contributed by atoms with Crippen molar-refractivity contribution in [3.63, 3.8) is 0 Å². The van der Waals surface area contributed by atoms with Crippen LogP contribution in [0.5, 0.6) is 5.75 Å². The summed E-state index contributed by atoms with van der Waals surface area (Å²) in [5.41, 5.74) is 8.28. The van der Waals surface area contributed by atoms with Gasteiger partial charge in [-0.05, 0) is 30.7 Å². The van der Waals surface area contributed by atoms with Crippen LogP contribution in [0.3, 0.4) is 0 Å². The van der Waals surface area contributed by atoms with Gasteiger partial charge in [0.25, 0.3) is 0 Å². The molecule has 2 N–H and O–H groups in total. The van der Waals surface area contributed by atoms with Crippen LogP contribution in [0.2, 0.25) is 0 Å². The molecule has 102 valence electrons. The minimum atomic E-state index is 0.00180. The molecule has 0 aliphatic rings. The van der Waals surface area contributed by atoms with Crippen LogP contribution in [0.4, 0.5) is 5.82 Å². The van der Waals surface area contributed by atoms with E-state index in [2.05, 4.69) is 5.10 Å². The SMILES string of the molecule is COc1ccc(-c2nn(CC#N)c(N)c2C=O)cc1C. The Balaban J connectivity index is 2.57. The number of carbonyl (C=O) groups is 1. The Labute approximate surface area is 116 Å². The van der Waals surface area contributed by atoms with Crippen LogP contribution in [-0.4, -0.2) is 23.2 Å². The average Bonchev–Trinajstić information content (AvgIpc) is 2.76. The lowest BCUT2D eigenvalue weighted by Crippen LogP contribution is -2.03. The number of hydrogen-bond donors (Lipinski definition) is 1. The lowest BCUT2D eigenvalue weighted by molar-refractivity contribution is 0.112. The molecule has 0 bridgehead atoms. The van der Waals surface area contributed by atoms with Crippen molar-refractivity contribution >= 4 is 12.1 Å². The lowest BCUT2D eigenvalue weighted by atomic mass is 10.1. The Morgan fingerprint density at radius 2 is 2.30 bits per heavy atom. The highest BCUT2D eigenvalue weighted by molar-refractivity contribution is 5.91. The van der Waals surface area contributed by atoms with Crippen molar-refractivity contribution < 1.29 is 9.53 Å². The number of nitrogens with zero attached hydrogens (tertiary/aromatic N) is 3. The van der Waals surface area contributed by atoms with E-state index in [-0.39, 0.29) is 12.4 Å². The number of nitrogen functional groups attached to an aromatic ring is 1. The molecule has 6 heteroatoms. The van der Waals surface area contributed by atoms with Gasteiger partial charge in [0.1, 0.15) is 23.8 Å². The van der Waals surface area contributed by atoms with Gasteiger partial charge in [-0.25, -0.2) is 4.68 Å². The van der Waals surface area contributed by atoms with Crippen LogP contribution >= 0.6 is 0 Å². The Kier molecular flexibility index (Phi) is 3.71. The van der Waals surface area contributed by atoms with Crippen molar-refractivity contribution in [1.29, 1.82) is 5.26 Å². The van der Waals surface area contributed by atoms with Gasteiger partial charge in [0.05, 0.1) is 18.7 Å². The molecule has 0 spiro atoms. The van der Waals surface area contributed by atoms with Crippen molar-refractivity contribution in [2.24, 2.45) is 0 Å². The van der Waals surface area contributed by atoms with Gasteiger partial charge < -0.3 is 10.5 Å². The number of aryl methyl sites for hydroxylation is 1. The van der Waals surface area contributed by atoms with Gasteiger partial charge in [0.2, 0.25) is 0 Å². The Hall–Kier alpha value is -2.81. The van der Waals surface area contributed by atoms with Gasteiger partial charge in [-0.3, -0.25) is 4.79 Å². The Morgan fingerprint density at radius 1 is 1.55 bits per heavy atom. The van der Waals surface area contributed by atoms with E-state index in [1.165, 1.54) is 4.68 Å². The standard InChI is InChI=1S/C14H14N4O2/c1-9-7-10(3-4-12(9)20-2)13-11(8-19)14(16)18(17-13)6-5-15/h3-4,7-8H,6,16H2,1-2H3. The first kappa shape index (κ1) is 13.6. The van der Waals surface area contributed by atoms with Crippen molar-refractivity contribution in [2.75, 3.05) is 12.8 Å². The van der Waals surface area contributed by atoms with Crippen LogP contribution in [0.15, 0.2) is 18.2 Å². The second-order valence-electron chi connectivity index (χ2n) is 4.27. The summed E-state index contributed by atoms with van der Waals surface area (Å²) in [5, 5.41) is 13.0. The fourth-order valence-corrected chi connectivity index (χ4v) is 2.03. The third-order valence-corrected chi connectivity index (χ3v) is 3.04. The van der Waals surface area contributed by atoms with Crippen molar-refractivity contribution in [2.45, 2.75) is 13.5 Å². The number of methoxy groups -OCH3 is 1. The number of aldehydes is 1. The molecule has 1 aromatic heterocycles. The fraction of sp³-hybridized carbons (Fsp3) is 0.214. The zero-order valence-electron chi connectivity index (χ0n) is 11.3. The molecular formula is C14H14N4O2. The summed E-state index contributed by atoms with van der Waals surface area (Å²) in [7, 11) is 1.60. The molecule has 0 saturated heterocycles. The summed E-state index contributed by atoms with van der Waals surface area (Å²) in [6, 6.07) is 7.43. The van der Waals surface area contributed by atoms with Crippen molar-refractivity contribution in [3.05, 3.63) is 29.3 Å². The lowest BCUT2D eigenvalue weighted by Gasteiger charge is -2.06. The molecule has 0 radical (unpaired) electrons. The monoisotopic (exact) mass is 270 g/mol. The molecule has 0 amide bonds. The molecule has 2 rings (SSSR count). The molecule has 1 heterocycles. The second-order valence-corrected chi connectivity index (χ2v) is 4.27. The van der Waals surface area contributed by atoms with Crippen LogP contribution in [0.1, 0.15) is 15.9 Å². The van der Waals surface area contributed by atoms with E-state index in [1.807, 2.05) is 19.1 Å². The highest BCUT2D eigenvalue weighted by Gasteiger charge is 2.17. The molecule has 0 atom stereocenters. The molecule has 20 heavy (non-hydrogen) atoms. The highest BCUT2D eigenvalue weighted by atomic mass is 16.5. The minimum absolute atomic E-state index is 0.00180. The molecular weight excluding hydrogens is 256 g/mol. The smallest absolute Gasteiger partial charge is 0.156 e. The number of benzene rings is 1. The maximum absolute atomic E-state index is 11.2. The predicted octanol–water partition coefficient (Wildman–Crippen LogP) is 1.79. The predicted molar refractivity (Wildman–Crippen MR) is 74.4 cm³/mol. The maximum atomic E-state index is 11.2. The quantitative estimate of drug-likeness (QED) is 0.855. The van der Waals surface area contributed by atoms with Crippen LogP contribution < -0.4 is 10.5 Å². The van der Waals surface area contributed by atoms with Gasteiger partial charge in [-0.1, -0.05) is 0 Å². The van der Waals surface area contributed by atoms with Crippen LogP contribution in [-0.2, 0) is 6.54 Å². The van der Waals surface area contributed by atoms with E-state index in [4.69, 9.17) is 15.7 Å². The molecule has 1 aromatic carbocycles. The molecule has 0 fully saturated rings. The van der Waals surface area contributed by atoms with E-state index >= 15 is 0 Å². The summed E-state index contributed by atoms with van der Waals surface area (Å²) >= 11 is 0. The summed E-state index contributed by atoms with van der Waals surface area (Å²) in [5.74, 6) is 0.954. The van der Waals surface area contributed by atoms with Gasteiger partial charge in [-0.2, -0.15) is 10.4 Å². The first-order valence-corrected chi connectivity index (χ1v) is 5.95. The highest BCUT2D eigenvalue weighted by Crippen LogP contribution is 2.29. The zero-order valence-corrected chi connectivity index (χ0v) is 11.3. The van der Waals surface area contributed by atoms with E-state index in [1.54, 1.807) is 19.2 Å². The molecule has 0 saturated carbocycles. The molecule has 0 unspecified atom stereocenters. The summed E-state index contributed by atoms with van der Waals surface area (Å²) < 4.78 is 6.52. The normalized spacial score (nSPS) is 10.1. The number of nitriles is 1. The number of rotatable bonds is 4. The van der Waals surface area contributed by atoms with Crippen LogP contribution in [0.25, 0.3) is 11.3 Å². The number of nitrogens with two attached hydrogens (primary N) is 1. The number of ether oxygens (including phenoxy) is 1. The number of aromatic nitrogens is 2. The molecule has 0 aliphatic heterocycles. The van der Waals surface area contributed by atoms with Gasteiger partial charge >= 0.3 is 0 Å². The Morgan fingerprint density at radius 3 is 2.85 bits per heavy atom. The van der Waals surface area contributed by atoms with Crippen molar-refractivity contribution in [3.8, 4) is 23.1 Å². The minimum Gasteiger partial charge on any atom is -0.496 e. The summed E-state index contributed by atoms with van der Waals surface area (Å²) in [6.45, 7) is 1.90. The average molecular weight is 270 g/mol. The van der Waals surface area contributed by atoms with E-state index in [9.17, 15) is 4.79 Å². The summed E-state index contributed by atoms with van der Waals surface area (Å²) in [4.78, 5) is 11.2. The van der Waals surface area contributed by atoms with Gasteiger partial charge in [-0.15, -0.1) is 0 Å². The van der Waals surface area contributed by atoms with E-state index in [0.29, 0.717) is 17.5 Å². The Bertz CT molecular complexity index is 698. The first-order chi connectivity index (χ1) is 9.62. The summed E-state index contributed by atoms with van der Waals surface area (Å²) in [6.07, 6.45) is 0.658. The van der Waals surface area contributed by atoms with Crippen LogP contribution in [0, 0.1) is 18.3 Å². The van der Waals surface area contributed by atoms with Crippen molar-refractivity contribution in [1.82, 2.24) is 9.78 Å². The third kappa shape index (κ3) is 2.21. The largest absolute Gasteiger partial charge is 0.496 e. The number of carbonyl (C=O) groups excluding carboxylic acids is 1. The third-order valence-electron chi connectivity index (χ3n) is 3.04. The van der Waals surface area contributed by atoms with Gasteiger partial charge in [0.15, 0.2) is 6.29 Å². The maximum Gasteiger partial charge on any atom is 0.156 e. The molecule has 6 nitrogen and oxygen atoms in total. The van der Waals surface area contributed by atoms with Gasteiger partial charge in [0, 0.05) is 5.56 Å². The fourth-order valence-electron chi connectivity index (χ4n) is 2.03. The van der Waals surface area contributed by atoms with E-state index < -0.39 is 0 Å². The number of hydrogen-bond acceptors (Lipinski definition) is 5. The topological polar surface area (TPSA) is 93.9 Å². The first-order valence-electron chi connectivity index (χ1n) is 5.95.